The lowest BCUT2D eigenvalue weighted by Crippen LogP contribution is -2.61. The Bertz CT molecular complexity index is 1390. The van der Waals surface area contributed by atoms with Crippen molar-refractivity contribution in [1.29, 1.82) is 0 Å². The number of benzene rings is 1. The standard InChI is InChI=1S/C38H63N7O8/c1-11-23(8)31(37(51)40-25(10)33(47)43-29(38(52)53)19-26-15-13-12-14-16-26)45-35(49)28(18-21(4)5)42-36(50)30(22(6)7)44-34(48)27(17-20(2)3)41-32(46)24(9)39/h12-16,20-25,27-31H,11,17-19,39H2,1-10H3,(H,40,51)(H,41,46)(H,42,50)(H,43,47)(H,44,48)(H,45,49)(H,52,53)/t23-,24-,25-,27-,28-,29-,30-,31-/m0/s1. The van der Waals surface area contributed by atoms with Gasteiger partial charge in [-0.05, 0) is 55.9 Å². The Morgan fingerprint density at radius 2 is 1.04 bits per heavy atom. The van der Waals surface area contributed by atoms with E-state index in [1.54, 1.807) is 51.1 Å². The van der Waals surface area contributed by atoms with Gasteiger partial charge in [-0.15, -0.1) is 0 Å². The monoisotopic (exact) mass is 745 g/mol. The van der Waals surface area contributed by atoms with Crippen LogP contribution in [0.3, 0.4) is 0 Å². The molecule has 15 heteroatoms. The second kappa shape index (κ2) is 22.5. The zero-order valence-corrected chi connectivity index (χ0v) is 32.9. The van der Waals surface area contributed by atoms with Crippen LogP contribution in [0.1, 0.15) is 94.1 Å². The maximum absolute atomic E-state index is 13.8. The van der Waals surface area contributed by atoms with Crippen molar-refractivity contribution in [1.82, 2.24) is 31.9 Å². The van der Waals surface area contributed by atoms with Crippen molar-refractivity contribution in [2.75, 3.05) is 0 Å². The van der Waals surface area contributed by atoms with Gasteiger partial charge in [-0.3, -0.25) is 28.8 Å². The number of hydrogen-bond donors (Lipinski definition) is 8. The smallest absolute Gasteiger partial charge is 0.326 e. The van der Waals surface area contributed by atoms with E-state index in [1.165, 1.54) is 13.8 Å². The van der Waals surface area contributed by atoms with Gasteiger partial charge in [0.2, 0.25) is 35.4 Å². The van der Waals surface area contributed by atoms with E-state index in [2.05, 4.69) is 31.9 Å². The molecule has 1 aromatic carbocycles. The molecule has 8 atom stereocenters. The van der Waals surface area contributed by atoms with Crippen molar-refractivity contribution in [2.45, 2.75) is 137 Å². The third kappa shape index (κ3) is 16.4. The lowest BCUT2D eigenvalue weighted by molar-refractivity contribution is -0.142. The number of aliphatic carboxylic acids is 1. The van der Waals surface area contributed by atoms with Crippen molar-refractivity contribution in [2.24, 2.45) is 29.4 Å². The average molecular weight is 746 g/mol. The number of carboxylic acids is 1. The molecule has 15 nitrogen and oxygen atoms in total. The number of carboxylic acid groups (broad SMARTS) is 1. The normalized spacial score (nSPS) is 15.9. The zero-order valence-electron chi connectivity index (χ0n) is 32.9. The van der Waals surface area contributed by atoms with E-state index in [-0.39, 0.29) is 30.6 Å². The first-order valence-corrected chi connectivity index (χ1v) is 18.5. The van der Waals surface area contributed by atoms with Gasteiger partial charge in [0.1, 0.15) is 36.3 Å². The molecule has 0 aliphatic rings. The molecule has 6 amide bonds. The summed E-state index contributed by atoms with van der Waals surface area (Å²) in [6.07, 6.45) is 1.04. The summed E-state index contributed by atoms with van der Waals surface area (Å²) in [4.78, 5) is 91.7. The summed E-state index contributed by atoms with van der Waals surface area (Å²) in [5.74, 6) is -5.71. The average Bonchev–Trinajstić information content (AvgIpc) is 3.07. The van der Waals surface area contributed by atoms with Gasteiger partial charge in [0.05, 0.1) is 6.04 Å². The number of amides is 6. The van der Waals surface area contributed by atoms with Gasteiger partial charge in [0, 0.05) is 6.42 Å². The zero-order chi connectivity index (χ0) is 40.6. The Kier molecular flexibility index (Phi) is 19.8. The summed E-state index contributed by atoms with van der Waals surface area (Å²) < 4.78 is 0. The van der Waals surface area contributed by atoms with E-state index in [4.69, 9.17) is 5.73 Å². The maximum Gasteiger partial charge on any atom is 0.326 e. The van der Waals surface area contributed by atoms with Crippen LogP contribution in [0, 0.1) is 23.7 Å². The van der Waals surface area contributed by atoms with Gasteiger partial charge in [0.15, 0.2) is 0 Å². The molecule has 0 aliphatic carbocycles. The highest BCUT2D eigenvalue weighted by Crippen LogP contribution is 2.13. The summed E-state index contributed by atoms with van der Waals surface area (Å²) in [6, 6.07) is 1.42. The number of rotatable bonds is 22. The fourth-order valence-electron chi connectivity index (χ4n) is 5.43. The van der Waals surface area contributed by atoms with Gasteiger partial charge >= 0.3 is 5.97 Å². The van der Waals surface area contributed by atoms with Crippen LogP contribution in [0.25, 0.3) is 0 Å². The third-order valence-electron chi connectivity index (χ3n) is 8.78. The summed E-state index contributed by atoms with van der Waals surface area (Å²) in [5, 5.41) is 25.7. The second-order valence-electron chi connectivity index (χ2n) is 15.1. The molecule has 1 aromatic rings. The molecular formula is C38H63N7O8. The first-order valence-electron chi connectivity index (χ1n) is 18.5. The number of carbonyl (C=O) groups excluding carboxylic acids is 6. The van der Waals surface area contributed by atoms with E-state index >= 15 is 0 Å². The van der Waals surface area contributed by atoms with E-state index in [1.807, 2.05) is 34.6 Å². The first-order chi connectivity index (χ1) is 24.7. The largest absolute Gasteiger partial charge is 0.480 e. The molecule has 0 aromatic heterocycles. The predicted octanol–water partition coefficient (Wildman–Crippen LogP) is 1.38. The van der Waals surface area contributed by atoms with E-state index in [0.717, 1.165) is 0 Å². The van der Waals surface area contributed by atoms with Crippen LogP contribution in [0.5, 0.6) is 0 Å². The first kappa shape index (κ1) is 46.5. The number of nitrogens with two attached hydrogens (primary N) is 1. The topological polar surface area (TPSA) is 238 Å². The Hall–Kier alpha value is -4.53. The highest BCUT2D eigenvalue weighted by molar-refractivity contribution is 5.97. The van der Waals surface area contributed by atoms with Crippen LogP contribution in [-0.4, -0.2) is 88.8 Å². The maximum atomic E-state index is 13.8. The van der Waals surface area contributed by atoms with E-state index in [9.17, 15) is 38.7 Å². The minimum atomic E-state index is -1.23. The molecule has 0 unspecified atom stereocenters. The molecule has 0 fully saturated rings. The molecular weight excluding hydrogens is 682 g/mol. The predicted molar refractivity (Wildman–Crippen MR) is 202 cm³/mol. The van der Waals surface area contributed by atoms with Gasteiger partial charge in [-0.1, -0.05) is 92.1 Å². The Balaban J connectivity index is 3.14. The van der Waals surface area contributed by atoms with Crippen LogP contribution in [-0.2, 0) is 40.0 Å². The van der Waals surface area contributed by atoms with Gasteiger partial charge < -0.3 is 42.7 Å². The van der Waals surface area contributed by atoms with Crippen LogP contribution >= 0.6 is 0 Å². The van der Waals surface area contributed by atoms with Crippen LogP contribution in [0.2, 0.25) is 0 Å². The van der Waals surface area contributed by atoms with Crippen LogP contribution < -0.4 is 37.6 Å². The van der Waals surface area contributed by atoms with Crippen molar-refractivity contribution >= 4 is 41.4 Å². The molecule has 0 saturated heterocycles. The SMILES string of the molecule is CC[C@H](C)[C@H](NC(=O)[C@H](CC(C)C)NC(=O)[C@@H](NC(=O)[C@H](CC(C)C)NC(=O)[C@H](C)N)C(C)C)C(=O)N[C@@H](C)C(=O)N[C@@H](Cc1ccccc1)C(=O)O. The van der Waals surface area contributed by atoms with Crippen molar-refractivity contribution in [3.05, 3.63) is 35.9 Å². The molecule has 0 saturated carbocycles. The summed E-state index contributed by atoms with van der Waals surface area (Å²) in [6.45, 7) is 17.5. The van der Waals surface area contributed by atoms with Crippen LogP contribution in [0.4, 0.5) is 0 Å². The molecule has 1 rings (SSSR count). The van der Waals surface area contributed by atoms with Crippen molar-refractivity contribution in [3.8, 4) is 0 Å². The molecule has 53 heavy (non-hydrogen) atoms. The fourth-order valence-corrected chi connectivity index (χ4v) is 5.43. The Morgan fingerprint density at radius 3 is 1.47 bits per heavy atom. The second-order valence-corrected chi connectivity index (χ2v) is 15.1. The van der Waals surface area contributed by atoms with E-state index < -0.39 is 89.6 Å². The van der Waals surface area contributed by atoms with E-state index in [0.29, 0.717) is 18.4 Å². The molecule has 298 valence electrons. The number of nitrogens with one attached hydrogen (secondary N) is 6. The minimum absolute atomic E-state index is 0.0406. The van der Waals surface area contributed by atoms with Gasteiger partial charge in [-0.25, -0.2) is 4.79 Å². The fraction of sp³-hybridized carbons (Fsp3) is 0.658. The highest BCUT2D eigenvalue weighted by Gasteiger charge is 2.35. The van der Waals surface area contributed by atoms with Crippen molar-refractivity contribution in [3.63, 3.8) is 0 Å². The molecule has 0 bridgehead atoms. The van der Waals surface area contributed by atoms with Crippen molar-refractivity contribution < 1.29 is 38.7 Å². The lowest BCUT2D eigenvalue weighted by Gasteiger charge is -2.30. The quantitative estimate of drug-likeness (QED) is 0.0855. The molecule has 0 heterocycles. The molecule has 0 aliphatic heterocycles. The minimum Gasteiger partial charge on any atom is -0.480 e. The third-order valence-corrected chi connectivity index (χ3v) is 8.78. The number of carbonyl (C=O) groups is 7. The van der Waals surface area contributed by atoms with Gasteiger partial charge in [-0.2, -0.15) is 0 Å². The summed E-state index contributed by atoms with van der Waals surface area (Å²) in [7, 11) is 0. The number of hydrogen-bond acceptors (Lipinski definition) is 8. The molecule has 0 spiro atoms. The summed E-state index contributed by atoms with van der Waals surface area (Å²) in [5.41, 5.74) is 6.41. The Labute approximate surface area is 314 Å². The molecule has 9 N–H and O–H groups in total. The highest BCUT2D eigenvalue weighted by atomic mass is 16.4. The molecule has 0 radical (unpaired) electrons. The summed E-state index contributed by atoms with van der Waals surface area (Å²) >= 11 is 0. The lowest BCUT2D eigenvalue weighted by atomic mass is 9.96. The Morgan fingerprint density at radius 1 is 0.585 bits per heavy atom. The van der Waals surface area contributed by atoms with Crippen LogP contribution in [0.15, 0.2) is 30.3 Å². The van der Waals surface area contributed by atoms with Gasteiger partial charge in [0.25, 0.3) is 0 Å².